The minimum absolute atomic E-state index is 0.0532. The number of pyridine rings is 2. The van der Waals surface area contributed by atoms with Gasteiger partial charge in [-0.3, -0.25) is 9.67 Å². The molecule has 1 fully saturated rings. The number of aromatic nitrogens is 4. The summed E-state index contributed by atoms with van der Waals surface area (Å²) in [7, 11) is 0. The number of rotatable bonds is 4. The Morgan fingerprint density at radius 1 is 1.33 bits per heavy atom. The first-order valence-corrected chi connectivity index (χ1v) is 9.76. The summed E-state index contributed by atoms with van der Waals surface area (Å²) in [6.07, 6.45) is 8.28. The summed E-state index contributed by atoms with van der Waals surface area (Å²) in [5.41, 5.74) is 2.82. The molecule has 4 rings (SSSR count). The first kappa shape index (κ1) is 17.9. The third-order valence-electron chi connectivity index (χ3n) is 5.12. The molecule has 27 heavy (non-hydrogen) atoms. The zero-order valence-corrected chi connectivity index (χ0v) is 16.4. The van der Waals surface area contributed by atoms with Crippen molar-refractivity contribution in [3.05, 3.63) is 36.8 Å². The topological polar surface area (TPSA) is 67.7 Å². The maximum Gasteiger partial charge on any atom is 0.136 e. The van der Waals surface area contributed by atoms with Gasteiger partial charge in [-0.15, -0.1) is 0 Å². The molecule has 3 aromatic heterocycles. The van der Waals surface area contributed by atoms with Crippen LogP contribution in [0.3, 0.4) is 0 Å². The highest BCUT2D eigenvalue weighted by atomic mass is 15.3. The number of nitrogens with zero attached hydrogens (tertiary/aromatic N) is 4. The van der Waals surface area contributed by atoms with Crippen LogP contribution in [0.1, 0.15) is 33.6 Å². The number of hydrogen-bond donors (Lipinski definition) is 2. The van der Waals surface area contributed by atoms with Crippen LogP contribution in [-0.4, -0.2) is 39.4 Å². The lowest BCUT2D eigenvalue weighted by molar-refractivity contribution is 0.355. The highest BCUT2D eigenvalue weighted by molar-refractivity contribution is 5.91. The van der Waals surface area contributed by atoms with Crippen LogP contribution in [0.4, 0.5) is 5.82 Å². The summed E-state index contributed by atoms with van der Waals surface area (Å²) in [4.78, 5) is 9.48. The molecule has 1 atom stereocenters. The van der Waals surface area contributed by atoms with Gasteiger partial charge in [0, 0.05) is 29.9 Å². The van der Waals surface area contributed by atoms with Gasteiger partial charge in [0.1, 0.15) is 5.82 Å². The quantitative estimate of drug-likeness (QED) is 0.739. The average molecular weight is 364 g/mol. The maximum absolute atomic E-state index is 4.93. The SMILES string of the molecule is CC(C)(C)n1cc(-c2cc3ncccc3c(NCC3CCCNC3)n2)cn1. The second-order valence-corrected chi connectivity index (χ2v) is 8.36. The van der Waals surface area contributed by atoms with E-state index in [-0.39, 0.29) is 5.54 Å². The van der Waals surface area contributed by atoms with Crippen molar-refractivity contribution in [2.45, 2.75) is 39.2 Å². The van der Waals surface area contributed by atoms with Gasteiger partial charge in [0.05, 0.1) is 22.9 Å². The predicted molar refractivity (Wildman–Crippen MR) is 110 cm³/mol. The Kier molecular flexibility index (Phi) is 4.83. The largest absolute Gasteiger partial charge is 0.369 e. The number of nitrogens with one attached hydrogen (secondary N) is 2. The molecule has 2 N–H and O–H groups in total. The highest BCUT2D eigenvalue weighted by Gasteiger charge is 2.17. The molecule has 0 radical (unpaired) electrons. The third kappa shape index (κ3) is 3.95. The molecule has 1 aliphatic rings. The Labute approximate surface area is 160 Å². The number of anilines is 1. The van der Waals surface area contributed by atoms with E-state index < -0.39 is 0 Å². The fraction of sp³-hybridized carbons (Fsp3) is 0.476. The summed E-state index contributed by atoms with van der Waals surface area (Å²) in [5, 5.41) is 12.6. The molecule has 1 aliphatic heterocycles. The molecule has 0 aromatic carbocycles. The molecule has 6 nitrogen and oxygen atoms in total. The lowest BCUT2D eigenvalue weighted by Gasteiger charge is -2.23. The van der Waals surface area contributed by atoms with Gasteiger partial charge in [-0.1, -0.05) is 0 Å². The Morgan fingerprint density at radius 3 is 2.96 bits per heavy atom. The van der Waals surface area contributed by atoms with Crippen molar-refractivity contribution in [2.24, 2.45) is 5.92 Å². The maximum atomic E-state index is 4.93. The zero-order valence-electron chi connectivity index (χ0n) is 16.4. The first-order valence-electron chi connectivity index (χ1n) is 9.76. The molecule has 142 valence electrons. The van der Waals surface area contributed by atoms with Gasteiger partial charge >= 0.3 is 0 Å². The van der Waals surface area contributed by atoms with E-state index in [1.165, 1.54) is 12.8 Å². The summed E-state index contributed by atoms with van der Waals surface area (Å²) in [5.74, 6) is 1.55. The van der Waals surface area contributed by atoms with Crippen LogP contribution >= 0.6 is 0 Å². The number of hydrogen-bond acceptors (Lipinski definition) is 5. The summed E-state index contributed by atoms with van der Waals surface area (Å²) in [6.45, 7) is 9.56. The summed E-state index contributed by atoms with van der Waals surface area (Å²) in [6, 6.07) is 6.10. The van der Waals surface area contributed by atoms with Crippen molar-refractivity contribution in [3.8, 4) is 11.3 Å². The van der Waals surface area contributed by atoms with Gasteiger partial charge in [0.2, 0.25) is 0 Å². The Morgan fingerprint density at radius 2 is 2.22 bits per heavy atom. The lowest BCUT2D eigenvalue weighted by atomic mass is 10.00. The second kappa shape index (κ2) is 7.27. The van der Waals surface area contributed by atoms with Crippen LogP contribution in [0.5, 0.6) is 0 Å². The minimum Gasteiger partial charge on any atom is -0.369 e. The van der Waals surface area contributed by atoms with Gasteiger partial charge in [-0.2, -0.15) is 5.10 Å². The summed E-state index contributed by atoms with van der Waals surface area (Å²) >= 11 is 0. The predicted octanol–water partition coefficient (Wildman–Crippen LogP) is 3.66. The minimum atomic E-state index is -0.0532. The van der Waals surface area contributed by atoms with Crippen LogP contribution < -0.4 is 10.6 Å². The third-order valence-corrected chi connectivity index (χ3v) is 5.12. The molecule has 4 heterocycles. The first-order chi connectivity index (χ1) is 13.0. The van der Waals surface area contributed by atoms with Crippen molar-refractivity contribution in [1.29, 1.82) is 0 Å². The standard InChI is InChI=1S/C21H28N6/c1-21(2,3)27-14-16(13-25-27)18-10-19-17(7-5-9-23-19)20(26-18)24-12-15-6-4-8-22-11-15/h5,7,9-10,13-15,22H,4,6,8,11-12H2,1-3H3,(H,24,26). The molecule has 0 aliphatic carbocycles. The smallest absolute Gasteiger partial charge is 0.136 e. The van der Waals surface area contributed by atoms with E-state index in [1.807, 2.05) is 29.2 Å². The van der Waals surface area contributed by atoms with E-state index in [4.69, 9.17) is 4.98 Å². The lowest BCUT2D eigenvalue weighted by Crippen LogP contribution is -2.33. The van der Waals surface area contributed by atoms with Crippen molar-refractivity contribution >= 4 is 16.7 Å². The molecular formula is C21H28N6. The van der Waals surface area contributed by atoms with E-state index in [1.54, 1.807) is 0 Å². The van der Waals surface area contributed by atoms with Gasteiger partial charge in [0.15, 0.2) is 0 Å². The summed E-state index contributed by atoms with van der Waals surface area (Å²) < 4.78 is 1.98. The fourth-order valence-corrected chi connectivity index (χ4v) is 3.52. The number of fused-ring (bicyclic) bond motifs is 1. The van der Waals surface area contributed by atoms with E-state index >= 15 is 0 Å². The van der Waals surface area contributed by atoms with Crippen LogP contribution in [-0.2, 0) is 5.54 Å². The van der Waals surface area contributed by atoms with Crippen molar-refractivity contribution in [1.82, 2.24) is 25.1 Å². The zero-order chi connectivity index (χ0) is 18.9. The van der Waals surface area contributed by atoms with E-state index in [0.717, 1.165) is 47.6 Å². The molecule has 0 spiro atoms. The van der Waals surface area contributed by atoms with Crippen LogP contribution in [0.2, 0.25) is 0 Å². The Hall–Kier alpha value is -2.47. The van der Waals surface area contributed by atoms with E-state index in [2.05, 4.69) is 53.8 Å². The van der Waals surface area contributed by atoms with Gasteiger partial charge in [0.25, 0.3) is 0 Å². The molecular weight excluding hydrogens is 336 g/mol. The normalized spacial score (nSPS) is 18.0. The van der Waals surface area contributed by atoms with Gasteiger partial charge in [-0.05, 0) is 70.8 Å². The van der Waals surface area contributed by atoms with Crippen LogP contribution in [0.25, 0.3) is 22.2 Å². The van der Waals surface area contributed by atoms with Gasteiger partial charge in [-0.25, -0.2) is 4.98 Å². The van der Waals surface area contributed by atoms with Crippen LogP contribution in [0.15, 0.2) is 36.8 Å². The molecule has 1 unspecified atom stereocenters. The Balaban J connectivity index is 1.66. The van der Waals surface area contributed by atoms with E-state index in [9.17, 15) is 0 Å². The average Bonchev–Trinajstić information content (AvgIpc) is 3.17. The molecule has 0 bridgehead atoms. The molecule has 6 heteroatoms. The van der Waals surface area contributed by atoms with Crippen molar-refractivity contribution in [3.63, 3.8) is 0 Å². The van der Waals surface area contributed by atoms with Crippen LogP contribution in [0, 0.1) is 5.92 Å². The second-order valence-electron chi connectivity index (χ2n) is 8.36. The number of piperidine rings is 1. The highest BCUT2D eigenvalue weighted by Crippen LogP contribution is 2.28. The van der Waals surface area contributed by atoms with Crippen molar-refractivity contribution in [2.75, 3.05) is 25.0 Å². The molecule has 0 saturated carbocycles. The monoisotopic (exact) mass is 364 g/mol. The van der Waals surface area contributed by atoms with Crippen molar-refractivity contribution < 1.29 is 0 Å². The fourth-order valence-electron chi connectivity index (χ4n) is 3.52. The molecule has 3 aromatic rings. The molecule has 0 amide bonds. The van der Waals surface area contributed by atoms with E-state index in [0.29, 0.717) is 5.92 Å². The molecule has 1 saturated heterocycles. The Bertz CT molecular complexity index is 918. The van der Waals surface area contributed by atoms with Gasteiger partial charge < -0.3 is 10.6 Å².